The summed E-state index contributed by atoms with van der Waals surface area (Å²) in [4.78, 5) is 24.2. The molecule has 0 aliphatic rings. The summed E-state index contributed by atoms with van der Waals surface area (Å²) < 4.78 is 35.2. The van der Waals surface area contributed by atoms with Crippen molar-refractivity contribution in [2.45, 2.75) is 18.9 Å². The highest BCUT2D eigenvalue weighted by Gasteiger charge is 2.20. The Kier molecular flexibility index (Phi) is 8.11. The van der Waals surface area contributed by atoms with Crippen molar-refractivity contribution in [2.75, 3.05) is 6.61 Å². The van der Waals surface area contributed by atoms with Gasteiger partial charge in [0.05, 0.1) is 18.2 Å². The summed E-state index contributed by atoms with van der Waals surface area (Å²) >= 11 is 1.97. The number of hydrogen-bond donors (Lipinski definition) is 3. The Balaban J connectivity index is 1.94. The number of Topliss-reactive ketones (excluding diaryl/α,β-unsaturated/α-hetero) is 1. The first-order chi connectivity index (χ1) is 15.7. The summed E-state index contributed by atoms with van der Waals surface area (Å²) in [7, 11) is 0. The van der Waals surface area contributed by atoms with E-state index in [1.165, 1.54) is 12.1 Å². The average Bonchev–Trinajstić information content (AvgIpc) is 2.74. The molecule has 3 rings (SSSR count). The van der Waals surface area contributed by atoms with E-state index in [2.05, 4.69) is 0 Å². The minimum Gasteiger partial charge on any atom is -0.456 e. The number of hydrogen-bond acceptors (Lipinski definition) is 5. The number of halogens is 3. The van der Waals surface area contributed by atoms with Crippen LogP contribution >= 0.6 is 22.6 Å². The molecule has 6 nitrogen and oxygen atoms in total. The van der Waals surface area contributed by atoms with Crippen molar-refractivity contribution in [3.63, 3.8) is 0 Å². The van der Waals surface area contributed by atoms with Gasteiger partial charge < -0.3 is 21.3 Å². The topological polar surface area (TPSA) is 116 Å². The van der Waals surface area contributed by atoms with Gasteiger partial charge in [0.1, 0.15) is 23.1 Å². The zero-order chi connectivity index (χ0) is 24.1. The SMILES string of the molecule is NC(=O)c1c(Cc2ccc(I)cc2F)cc(F)cc1Oc1cccc(CC(=O)[C@@H](N)CO)c1. The Bertz CT molecular complexity index is 1200. The lowest BCUT2D eigenvalue weighted by atomic mass is 9.98. The molecule has 9 heteroatoms. The first kappa shape index (κ1) is 24.7. The van der Waals surface area contributed by atoms with Crippen LogP contribution in [0.5, 0.6) is 11.5 Å². The number of ether oxygens (including phenoxy) is 1. The van der Waals surface area contributed by atoms with Crippen molar-refractivity contribution in [3.8, 4) is 11.5 Å². The smallest absolute Gasteiger partial charge is 0.252 e. The van der Waals surface area contributed by atoms with E-state index in [-0.39, 0.29) is 46.8 Å². The summed E-state index contributed by atoms with van der Waals surface area (Å²) in [6.07, 6.45) is -0.106. The Morgan fingerprint density at radius 1 is 1.06 bits per heavy atom. The number of benzene rings is 3. The first-order valence-corrected chi connectivity index (χ1v) is 11.0. The summed E-state index contributed by atoms with van der Waals surface area (Å²) in [5.41, 5.74) is 12.0. The van der Waals surface area contributed by atoms with Crippen LogP contribution in [0, 0.1) is 15.2 Å². The zero-order valence-electron chi connectivity index (χ0n) is 17.4. The molecule has 0 unspecified atom stereocenters. The standard InChI is InChI=1S/C24H21F2IN2O4/c25-16-9-15(8-14-4-5-17(27)11-19(14)26)23(24(29)32)22(10-16)33-18-3-1-2-13(6-18)7-21(31)20(28)12-30/h1-6,9-11,20,30H,7-8,12,28H2,(H2,29,32)/t20-/m0/s1. The van der Waals surface area contributed by atoms with Gasteiger partial charge in [-0.3, -0.25) is 9.59 Å². The zero-order valence-corrected chi connectivity index (χ0v) is 19.5. The number of carbonyl (C=O) groups excluding carboxylic acids is 2. The van der Waals surface area contributed by atoms with Crippen molar-refractivity contribution in [1.29, 1.82) is 0 Å². The van der Waals surface area contributed by atoms with Crippen LogP contribution in [0.25, 0.3) is 0 Å². The van der Waals surface area contributed by atoms with Crippen LogP contribution in [0.4, 0.5) is 8.78 Å². The fourth-order valence-corrected chi connectivity index (χ4v) is 3.74. The minimum atomic E-state index is -0.997. The normalized spacial score (nSPS) is 11.8. The summed E-state index contributed by atoms with van der Waals surface area (Å²) in [6, 6.07) is 12.1. The molecule has 0 radical (unpaired) electrons. The largest absolute Gasteiger partial charge is 0.456 e. The van der Waals surface area contributed by atoms with Crippen molar-refractivity contribution >= 4 is 34.3 Å². The van der Waals surface area contributed by atoms with Gasteiger partial charge in [0.15, 0.2) is 5.78 Å². The van der Waals surface area contributed by atoms with Gasteiger partial charge in [-0.2, -0.15) is 0 Å². The number of aliphatic hydroxyl groups is 1. The van der Waals surface area contributed by atoms with Crippen molar-refractivity contribution in [1.82, 2.24) is 0 Å². The van der Waals surface area contributed by atoms with Crippen LogP contribution in [-0.4, -0.2) is 29.4 Å². The van der Waals surface area contributed by atoms with Crippen LogP contribution < -0.4 is 16.2 Å². The van der Waals surface area contributed by atoms with Gasteiger partial charge in [-0.05, 0) is 69.6 Å². The molecule has 1 amide bonds. The number of primary amides is 1. The second-order valence-electron chi connectivity index (χ2n) is 7.40. The van der Waals surface area contributed by atoms with E-state index in [1.54, 1.807) is 30.3 Å². The second kappa shape index (κ2) is 10.8. The second-order valence-corrected chi connectivity index (χ2v) is 8.64. The van der Waals surface area contributed by atoms with E-state index in [4.69, 9.17) is 21.3 Å². The first-order valence-electron chi connectivity index (χ1n) is 9.90. The number of rotatable bonds is 9. The predicted molar refractivity (Wildman–Crippen MR) is 127 cm³/mol. The maximum Gasteiger partial charge on any atom is 0.252 e. The van der Waals surface area contributed by atoms with E-state index in [9.17, 15) is 18.4 Å². The lowest BCUT2D eigenvalue weighted by molar-refractivity contribution is -0.120. The molecule has 0 bridgehead atoms. The molecule has 3 aromatic carbocycles. The van der Waals surface area contributed by atoms with Crippen LogP contribution in [0.2, 0.25) is 0 Å². The van der Waals surface area contributed by atoms with E-state index in [0.717, 1.165) is 12.1 Å². The third-order valence-electron chi connectivity index (χ3n) is 4.91. The van der Waals surface area contributed by atoms with Gasteiger partial charge in [0, 0.05) is 22.5 Å². The van der Waals surface area contributed by atoms with Gasteiger partial charge >= 0.3 is 0 Å². The fourth-order valence-electron chi connectivity index (χ4n) is 3.29. The average molecular weight is 566 g/mol. The van der Waals surface area contributed by atoms with E-state index in [1.807, 2.05) is 22.6 Å². The highest BCUT2D eigenvalue weighted by molar-refractivity contribution is 14.1. The maximum absolute atomic E-state index is 14.4. The lowest BCUT2D eigenvalue weighted by Crippen LogP contribution is -2.35. The van der Waals surface area contributed by atoms with E-state index >= 15 is 0 Å². The van der Waals surface area contributed by atoms with Gasteiger partial charge in [-0.15, -0.1) is 0 Å². The number of amides is 1. The number of nitrogens with two attached hydrogens (primary N) is 2. The molecule has 172 valence electrons. The Labute approximate surface area is 202 Å². The van der Waals surface area contributed by atoms with E-state index < -0.39 is 30.2 Å². The van der Waals surface area contributed by atoms with Gasteiger partial charge in [-0.1, -0.05) is 18.2 Å². The van der Waals surface area contributed by atoms with Crippen LogP contribution in [0.1, 0.15) is 27.0 Å². The van der Waals surface area contributed by atoms with Crippen LogP contribution in [0.15, 0.2) is 54.6 Å². The van der Waals surface area contributed by atoms with Crippen LogP contribution in [0.3, 0.4) is 0 Å². The van der Waals surface area contributed by atoms with Gasteiger partial charge in [0.25, 0.3) is 5.91 Å². The molecule has 3 aromatic rings. The summed E-state index contributed by atoms with van der Waals surface area (Å²) in [5.74, 6) is -2.28. The Hall–Kier alpha value is -2.89. The molecule has 0 aliphatic heterocycles. The third kappa shape index (κ3) is 6.34. The third-order valence-corrected chi connectivity index (χ3v) is 5.58. The predicted octanol–water partition coefficient (Wildman–Crippen LogP) is 3.48. The molecular weight excluding hydrogens is 545 g/mol. The molecule has 0 fully saturated rings. The monoisotopic (exact) mass is 566 g/mol. The molecule has 0 saturated carbocycles. The van der Waals surface area contributed by atoms with E-state index in [0.29, 0.717) is 9.13 Å². The molecule has 0 heterocycles. The minimum absolute atomic E-state index is 0.0396. The Morgan fingerprint density at radius 2 is 1.82 bits per heavy atom. The quantitative estimate of drug-likeness (QED) is 0.343. The molecule has 0 saturated heterocycles. The number of aliphatic hydroxyl groups excluding tert-OH is 1. The molecule has 33 heavy (non-hydrogen) atoms. The highest BCUT2D eigenvalue weighted by atomic mass is 127. The van der Waals surface area contributed by atoms with Crippen molar-refractivity contribution in [2.24, 2.45) is 11.5 Å². The molecular formula is C24H21F2IN2O4. The molecule has 5 N–H and O–H groups in total. The van der Waals surface area contributed by atoms with Crippen LogP contribution in [-0.2, 0) is 17.6 Å². The molecule has 0 spiro atoms. The number of ketones is 1. The molecule has 0 aliphatic carbocycles. The van der Waals surface area contributed by atoms with Gasteiger partial charge in [-0.25, -0.2) is 8.78 Å². The molecule has 1 atom stereocenters. The Morgan fingerprint density at radius 3 is 2.48 bits per heavy atom. The molecule has 0 aromatic heterocycles. The maximum atomic E-state index is 14.4. The fraction of sp³-hybridized carbons (Fsp3) is 0.167. The number of carbonyl (C=O) groups is 2. The van der Waals surface area contributed by atoms with Gasteiger partial charge in [0.2, 0.25) is 0 Å². The lowest BCUT2D eigenvalue weighted by Gasteiger charge is -2.15. The van der Waals surface area contributed by atoms with Crippen molar-refractivity contribution in [3.05, 3.63) is 92.1 Å². The van der Waals surface area contributed by atoms with Crippen molar-refractivity contribution < 1.29 is 28.2 Å². The summed E-state index contributed by atoms with van der Waals surface area (Å²) in [6.45, 7) is -0.468. The summed E-state index contributed by atoms with van der Waals surface area (Å²) in [5, 5.41) is 9.03. The highest BCUT2D eigenvalue weighted by Crippen LogP contribution is 2.31.